The molecule has 4 rings (SSSR count). The Morgan fingerprint density at radius 1 is 0.821 bits per heavy atom. The maximum atomic E-state index is 13.4. The lowest BCUT2D eigenvalue weighted by Gasteiger charge is -2.16. The van der Waals surface area contributed by atoms with Crippen LogP contribution in [0.5, 0.6) is 0 Å². The Morgan fingerprint density at radius 2 is 1.39 bits per heavy atom. The second-order valence-corrected chi connectivity index (χ2v) is 7.23. The van der Waals surface area contributed by atoms with Gasteiger partial charge in [0.05, 0.1) is 11.4 Å². The summed E-state index contributed by atoms with van der Waals surface area (Å²) in [5, 5.41) is 0.330. The predicted octanol–water partition coefficient (Wildman–Crippen LogP) is 4.39. The molecule has 6 heteroatoms. The van der Waals surface area contributed by atoms with Gasteiger partial charge < -0.3 is 4.42 Å². The first-order chi connectivity index (χ1) is 13.4. The van der Waals surface area contributed by atoms with Crippen molar-refractivity contribution >= 4 is 23.3 Å². The molecule has 0 aliphatic carbocycles. The zero-order chi connectivity index (χ0) is 20.0. The largest absolute Gasteiger partial charge is 0.405 e. The summed E-state index contributed by atoms with van der Waals surface area (Å²) in [5.41, 5.74) is 3.31. The summed E-state index contributed by atoms with van der Waals surface area (Å²) in [6, 6.07) is 16.6. The van der Waals surface area contributed by atoms with Gasteiger partial charge in [-0.05, 0) is 73.9 Å². The quantitative estimate of drug-likeness (QED) is 0.476. The van der Waals surface area contributed by atoms with Gasteiger partial charge in [-0.2, -0.15) is 0 Å². The van der Waals surface area contributed by atoms with Crippen LogP contribution in [0.15, 0.2) is 68.6 Å². The SMILES string of the molecule is Cc1cccc(-n2c(=O)c3c(C)cc(=O)oc3n(-c3cccc(C)c3)c2=S)c1. The molecule has 0 aliphatic heterocycles. The third-order valence-corrected chi connectivity index (χ3v) is 5.03. The van der Waals surface area contributed by atoms with Crippen LogP contribution in [-0.4, -0.2) is 9.13 Å². The highest BCUT2D eigenvalue weighted by Gasteiger charge is 2.18. The first kappa shape index (κ1) is 18.1. The van der Waals surface area contributed by atoms with E-state index in [1.54, 1.807) is 11.5 Å². The van der Waals surface area contributed by atoms with Crippen LogP contribution < -0.4 is 11.2 Å². The summed E-state index contributed by atoms with van der Waals surface area (Å²) >= 11 is 5.71. The van der Waals surface area contributed by atoms with Crippen molar-refractivity contribution < 1.29 is 4.42 Å². The maximum absolute atomic E-state index is 13.4. The second-order valence-electron chi connectivity index (χ2n) is 6.87. The van der Waals surface area contributed by atoms with E-state index in [1.165, 1.54) is 10.6 Å². The van der Waals surface area contributed by atoms with Crippen LogP contribution in [0.25, 0.3) is 22.5 Å². The number of benzene rings is 2. The van der Waals surface area contributed by atoms with Crippen molar-refractivity contribution in [2.24, 2.45) is 0 Å². The minimum absolute atomic E-state index is 0.162. The van der Waals surface area contributed by atoms with E-state index in [2.05, 4.69) is 0 Å². The van der Waals surface area contributed by atoms with Gasteiger partial charge in [0.2, 0.25) is 5.71 Å². The Morgan fingerprint density at radius 3 is 1.96 bits per heavy atom. The second kappa shape index (κ2) is 6.73. The molecule has 0 radical (unpaired) electrons. The van der Waals surface area contributed by atoms with Gasteiger partial charge in [0.25, 0.3) is 5.56 Å². The summed E-state index contributed by atoms with van der Waals surface area (Å²) in [6.07, 6.45) is 0. The van der Waals surface area contributed by atoms with Gasteiger partial charge in [-0.3, -0.25) is 13.9 Å². The molecule has 0 bridgehead atoms. The molecule has 0 saturated carbocycles. The number of rotatable bonds is 2. The molecule has 0 fully saturated rings. The van der Waals surface area contributed by atoms with Crippen LogP contribution >= 0.6 is 12.2 Å². The first-order valence-electron chi connectivity index (χ1n) is 8.83. The first-order valence-corrected chi connectivity index (χ1v) is 9.24. The van der Waals surface area contributed by atoms with Crippen LogP contribution in [0.2, 0.25) is 0 Å². The molecule has 0 unspecified atom stereocenters. The van der Waals surface area contributed by atoms with Crippen molar-refractivity contribution in [3.63, 3.8) is 0 Å². The van der Waals surface area contributed by atoms with Gasteiger partial charge in [-0.1, -0.05) is 24.3 Å². The van der Waals surface area contributed by atoms with Gasteiger partial charge >= 0.3 is 5.63 Å². The van der Waals surface area contributed by atoms with Crippen LogP contribution in [-0.2, 0) is 0 Å². The molecule has 0 saturated heterocycles. The van der Waals surface area contributed by atoms with E-state index in [1.807, 2.05) is 62.4 Å². The Balaban J connectivity index is 2.27. The minimum atomic E-state index is -0.520. The smallest absolute Gasteiger partial charge is 0.337 e. The fraction of sp³-hybridized carbons (Fsp3) is 0.136. The summed E-state index contributed by atoms with van der Waals surface area (Å²) in [6.45, 7) is 5.65. The molecule has 0 aliphatic rings. The molecule has 28 heavy (non-hydrogen) atoms. The Hall–Kier alpha value is -3.25. The molecule has 2 heterocycles. The monoisotopic (exact) mass is 390 g/mol. The minimum Gasteiger partial charge on any atom is -0.405 e. The van der Waals surface area contributed by atoms with Crippen molar-refractivity contribution in [2.45, 2.75) is 20.8 Å². The molecule has 0 spiro atoms. The molecule has 5 nitrogen and oxygen atoms in total. The van der Waals surface area contributed by atoms with Crippen molar-refractivity contribution in [3.8, 4) is 11.4 Å². The van der Waals surface area contributed by atoms with Crippen LogP contribution in [0, 0.1) is 25.5 Å². The van der Waals surface area contributed by atoms with E-state index in [0.29, 0.717) is 16.6 Å². The molecule has 140 valence electrons. The van der Waals surface area contributed by atoms with Crippen molar-refractivity contribution in [1.82, 2.24) is 9.13 Å². The van der Waals surface area contributed by atoms with Crippen LogP contribution in [0.3, 0.4) is 0 Å². The maximum Gasteiger partial charge on any atom is 0.337 e. The number of aromatic nitrogens is 2. The zero-order valence-corrected chi connectivity index (χ0v) is 16.5. The summed E-state index contributed by atoms with van der Waals surface area (Å²) in [5.74, 6) is 0. The summed E-state index contributed by atoms with van der Waals surface area (Å²) in [7, 11) is 0. The highest BCUT2D eigenvalue weighted by molar-refractivity contribution is 7.71. The van der Waals surface area contributed by atoms with E-state index in [9.17, 15) is 9.59 Å². The van der Waals surface area contributed by atoms with Gasteiger partial charge in [-0.15, -0.1) is 0 Å². The molecule has 0 atom stereocenters. The molecule has 0 N–H and O–H groups in total. The Kier molecular flexibility index (Phi) is 4.35. The number of hydrogen-bond acceptors (Lipinski definition) is 4. The predicted molar refractivity (Wildman–Crippen MR) is 112 cm³/mol. The topological polar surface area (TPSA) is 57.1 Å². The third kappa shape index (κ3) is 2.92. The zero-order valence-electron chi connectivity index (χ0n) is 15.7. The van der Waals surface area contributed by atoms with Gasteiger partial charge in [0, 0.05) is 6.07 Å². The molecule has 4 aromatic rings. The average molecular weight is 390 g/mol. The lowest BCUT2D eigenvalue weighted by Crippen LogP contribution is -2.25. The third-order valence-electron chi connectivity index (χ3n) is 4.66. The lowest BCUT2D eigenvalue weighted by atomic mass is 10.2. The van der Waals surface area contributed by atoms with E-state index < -0.39 is 5.63 Å². The standard InChI is InChI=1S/C22H18N2O3S/c1-13-6-4-8-16(10-13)23-20(26)19-15(3)12-18(25)27-21(19)24(22(23)28)17-9-5-7-14(2)11-17/h4-12H,1-3H3. The van der Waals surface area contributed by atoms with Crippen LogP contribution in [0.4, 0.5) is 0 Å². The highest BCUT2D eigenvalue weighted by atomic mass is 32.1. The Labute approximate surface area is 166 Å². The van der Waals surface area contributed by atoms with Crippen molar-refractivity contribution in [1.29, 1.82) is 0 Å². The van der Waals surface area contributed by atoms with Gasteiger partial charge in [0.15, 0.2) is 4.77 Å². The molecular weight excluding hydrogens is 372 g/mol. The molecule has 2 aromatic heterocycles. The van der Waals surface area contributed by atoms with Crippen molar-refractivity contribution in [2.75, 3.05) is 0 Å². The Bertz CT molecular complexity index is 1410. The van der Waals surface area contributed by atoms with Crippen LogP contribution in [0.1, 0.15) is 16.7 Å². The normalized spacial score (nSPS) is 11.1. The highest BCUT2D eigenvalue weighted by Crippen LogP contribution is 2.21. The molecular formula is C22H18N2O3S. The number of hydrogen-bond donors (Lipinski definition) is 0. The van der Waals surface area contributed by atoms with E-state index in [4.69, 9.17) is 16.6 Å². The molecule has 2 aromatic carbocycles. The lowest BCUT2D eigenvalue weighted by molar-refractivity contribution is 0.534. The van der Waals surface area contributed by atoms with Crippen molar-refractivity contribution in [3.05, 3.63) is 96.8 Å². The van der Waals surface area contributed by atoms with E-state index in [-0.39, 0.29) is 16.0 Å². The summed E-state index contributed by atoms with van der Waals surface area (Å²) < 4.78 is 8.84. The van der Waals surface area contributed by atoms with E-state index in [0.717, 1.165) is 16.8 Å². The number of nitrogens with zero attached hydrogens (tertiary/aromatic N) is 2. The fourth-order valence-electron chi connectivity index (χ4n) is 3.39. The van der Waals surface area contributed by atoms with Gasteiger partial charge in [0.1, 0.15) is 5.39 Å². The number of aryl methyl sites for hydroxylation is 3. The fourth-order valence-corrected chi connectivity index (χ4v) is 3.76. The average Bonchev–Trinajstić information content (AvgIpc) is 2.61. The molecule has 0 amide bonds. The van der Waals surface area contributed by atoms with E-state index >= 15 is 0 Å². The number of fused-ring (bicyclic) bond motifs is 1. The summed E-state index contributed by atoms with van der Waals surface area (Å²) in [4.78, 5) is 25.4. The van der Waals surface area contributed by atoms with Gasteiger partial charge in [-0.25, -0.2) is 4.79 Å².